The molecule has 2 heteroatoms. The zero-order valence-corrected chi connectivity index (χ0v) is 8.86. The lowest BCUT2D eigenvalue weighted by molar-refractivity contribution is -0.128. The van der Waals surface area contributed by atoms with E-state index >= 15 is 0 Å². The minimum absolute atomic E-state index is 0.0283. The van der Waals surface area contributed by atoms with Crippen molar-refractivity contribution in [1.82, 2.24) is 5.32 Å². The molecule has 76 valence electrons. The summed E-state index contributed by atoms with van der Waals surface area (Å²) < 4.78 is 0. The fourth-order valence-electron chi connectivity index (χ4n) is 2.03. The summed E-state index contributed by atoms with van der Waals surface area (Å²) in [5.41, 5.74) is -0.0283. The Hall–Kier alpha value is -0.370. The Kier molecular flexibility index (Phi) is 3.91. The van der Waals surface area contributed by atoms with Gasteiger partial charge in [0, 0.05) is 11.8 Å². The maximum absolute atomic E-state index is 11.8. The third kappa shape index (κ3) is 2.80. The van der Waals surface area contributed by atoms with E-state index in [2.05, 4.69) is 19.2 Å². The van der Waals surface area contributed by atoms with E-state index in [9.17, 15) is 4.79 Å². The quantitative estimate of drug-likeness (QED) is 0.726. The first-order valence-electron chi connectivity index (χ1n) is 5.43. The number of Topliss-reactive ketones (excluding diaryl/α,β-unsaturated/α-hetero) is 1. The van der Waals surface area contributed by atoms with Crippen LogP contribution in [0.2, 0.25) is 0 Å². The van der Waals surface area contributed by atoms with Crippen LogP contribution in [0.4, 0.5) is 0 Å². The Balaban J connectivity index is 2.55. The molecule has 0 spiro atoms. The van der Waals surface area contributed by atoms with Crippen molar-refractivity contribution < 1.29 is 4.79 Å². The minimum atomic E-state index is -0.0283. The van der Waals surface area contributed by atoms with Crippen molar-refractivity contribution in [3.05, 3.63) is 0 Å². The van der Waals surface area contributed by atoms with Gasteiger partial charge in [0.25, 0.3) is 0 Å². The number of carbonyl (C=O) groups is 1. The first kappa shape index (κ1) is 10.7. The maximum Gasteiger partial charge on any atom is 0.138 e. The number of carbonyl (C=O) groups excluding carboxylic acids is 1. The summed E-state index contributed by atoms with van der Waals surface area (Å²) in [6.45, 7) is 6.30. The number of ketones is 1. The smallest absolute Gasteiger partial charge is 0.138 e. The molecule has 1 fully saturated rings. The minimum Gasteiger partial charge on any atom is -0.317 e. The van der Waals surface area contributed by atoms with Gasteiger partial charge in [-0.2, -0.15) is 0 Å². The van der Waals surface area contributed by atoms with Crippen molar-refractivity contribution in [2.24, 2.45) is 5.41 Å². The van der Waals surface area contributed by atoms with Crippen molar-refractivity contribution >= 4 is 5.78 Å². The second-order valence-electron chi connectivity index (χ2n) is 4.34. The van der Waals surface area contributed by atoms with Crippen LogP contribution in [0, 0.1) is 5.41 Å². The summed E-state index contributed by atoms with van der Waals surface area (Å²) in [5, 5.41) is 3.35. The van der Waals surface area contributed by atoms with E-state index in [0.29, 0.717) is 5.78 Å². The third-order valence-corrected chi connectivity index (χ3v) is 3.09. The summed E-state index contributed by atoms with van der Waals surface area (Å²) in [4.78, 5) is 11.8. The van der Waals surface area contributed by atoms with E-state index in [0.717, 1.165) is 45.2 Å². The van der Waals surface area contributed by atoms with Gasteiger partial charge >= 0.3 is 0 Å². The molecule has 1 atom stereocenters. The van der Waals surface area contributed by atoms with Crippen LogP contribution in [0.1, 0.15) is 46.0 Å². The van der Waals surface area contributed by atoms with E-state index in [-0.39, 0.29) is 5.41 Å². The number of nitrogens with one attached hydrogen (secondary N) is 1. The molecule has 0 aromatic carbocycles. The van der Waals surface area contributed by atoms with Crippen LogP contribution in [0.15, 0.2) is 0 Å². The summed E-state index contributed by atoms with van der Waals surface area (Å²) in [7, 11) is 0. The molecule has 0 aromatic heterocycles. The average Bonchev–Trinajstić information content (AvgIpc) is 2.32. The van der Waals surface area contributed by atoms with Crippen LogP contribution >= 0.6 is 0 Å². The second-order valence-corrected chi connectivity index (χ2v) is 4.34. The monoisotopic (exact) mass is 183 g/mol. The van der Waals surface area contributed by atoms with E-state index in [1.807, 2.05) is 0 Å². The standard InChI is InChI=1S/C11H21NO/c1-3-5-10(13)11(2)6-4-8-12-9-7-11/h12H,3-9H2,1-2H3. The molecule has 1 saturated heterocycles. The fraction of sp³-hybridized carbons (Fsp3) is 0.909. The Labute approximate surface area is 81.1 Å². The van der Waals surface area contributed by atoms with Crippen LogP contribution in [0.3, 0.4) is 0 Å². The van der Waals surface area contributed by atoms with Gasteiger partial charge < -0.3 is 5.32 Å². The van der Waals surface area contributed by atoms with Gasteiger partial charge in [0.2, 0.25) is 0 Å². The van der Waals surface area contributed by atoms with Gasteiger partial charge in [0.05, 0.1) is 0 Å². The lowest BCUT2D eigenvalue weighted by Crippen LogP contribution is -2.28. The first-order valence-corrected chi connectivity index (χ1v) is 5.43. The molecule has 1 rings (SSSR count). The van der Waals surface area contributed by atoms with Gasteiger partial charge in [-0.05, 0) is 38.8 Å². The largest absolute Gasteiger partial charge is 0.317 e. The number of hydrogen-bond donors (Lipinski definition) is 1. The molecule has 13 heavy (non-hydrogen) atoms. The van der Waals surface area contributed by atoms with E-state index in [1.54, 1.807) is 0 Å². The molecule has 0 aliphatic carbocycles. The third-order valence-electron chi connectivity index (χ3n) is 3.09. The summed E-state index contributed by atoms with van der Waals surface area (Å²) in [5.74, 6) is 0.471. The molecule has 0 saturated carbocycles. The van der Waals surface area contributed by atoms with Crippen LogP contribution in [-0.4, -0.2) is 18.9 Å². The zero-order valence-electron chi connectivity index (χ0n) is 8.86. The predicted octanol–water partition coefficient (Wildman–Crippen LogP) is 2.14. The van der Waals surface area contributed by atoms with Gasteiger partial charge in [-0.25, -0.2) is 0 Å². The highest BCUT2D eigenvalue weighted by Gasteiger charge is 2.31. The highest BCUT2D eigenvalue weighted by molar-refractivity contribution is 5.84. The van der Waals surface area contributed by atoms with Crippen LogP contribution < -0.4 is 5.32 Å². The lowest BCUT2D eigenvalue weighted by Gasteiger charge is -2.25. The normalized spacial score (nSPS) is 29.7. The Bertz CT molecular complexity index is 169. The summed E-state index contributed by atoms with van der Waals surface area (Å²) in [6.07, 6.45) is 4.98. The van der Waals surface area contributed by atoms with Crippen molar-refractivity contribution in [1.29, 1.82) is 0 Å². The maximum atomic E-state index is 11.8. The second kappa shape index (κ2) is 4.75. The highest BCUT2D eigenvalue weighted by Crippen LogP contribution is 2.31. The zero-order chi connectivity index (χ0) is 9.73. The number of rotatable bonds is 3. The van der Waals surface area contributed by atoms with E-state index in [1.165, 1.54) is 0 Å². The summed E-state index contributed by atoms with van der Waals surface area (Å²) in [6, 6.07) is 0. The van der Waals surface area contributed by atoms with Gasteiger partial charge in [-0.3, -0.25) is 4.79 Å². The van der Waals surface area contributed by atoms with Crippen LogP contribution in [0.5, 0.6) is 0 Å². The van der Waals surface area contributed by atoms with Crippen LogP contribution in [0.25, 0.3) is 0 Å². The molecule has 0 bridgehead atoms. The molecule has 1 unspecified atom stereocenters. The molecule has 1 aliphatic heterocycles. The Morgan fingerprint density at radius 3 is 2.85 bits per heavy atom. The van der Waals surface area contributed by atoms with Crippen molar-refractivity contribution in [3.63, 3.8) is 0 Å². The van der Waals surface area contributed by atoms with E-state index in [4.69, 9.17) is 0 Å². The average molecular weight is 183 g/mol. The fourth-order valence-corrected chi connectivity index (χ4v) is 2.03. The van der Waals surface area contributed by atoms with Gasteiger partial charge in [-0.1, -0.05) is 13.8 Å². The van der Waals surface area contributed by atoms with Gasteiger partial charge in [0.15, 0.2) is 0 Å². The molecular formula is C11H21NO. The molecule has 0 radical (unpaired) electrons. The molecule has 0 amide bonds. The van der Waals surface area contributed by atoms with E-state index < -0.39 is 0 Å². The Morgan fingerprint density at radius 2 is 2.15 bits per heavy atom. The van der Waals surface area contributed by atoms with Crippen molar-refractivity contribution in [2.45, 2.75) is 46.0 Å². The highest BCUT2D eigenvalue weighted by atomic mass is 16.1. The van der Waals surface area contributed by atoms with Gasteiger partial charge in [0.1, 0.15) is 5.78 Å². The molecule has 1 heterocycles. The van der Waals surface area contributed by atoms with Crippen molar-refractivity contribution in [3.8, 4) is 0 Å². The SMILES string of the molecule is CCCC(=O)C1(C)CCCNCC1. The predicted molar refractivity (Wildman–Crippen MR) is 54.7 cm³/mol. The first-order chi connectivity index (χ1) is 6.19. The van der Waals surface area contributed by atoms with Crippen molar-refractivity contribution in [2.75, 3.05) is 13.1 Å². The Morgan fingerprint density at radius 1 is 1.38 bits per heavy atom. The lowest BCUT2D eigenvalue weighted by atomic mass is 9.77. The number of hydrogen-bond acceptors (Lipinski definition) is 2. The molecule has 1 N–H and O–H groups in total. The molecule has 1 aliphatic rings. The molecule has 2 nitrogen and oxygen atoms in total. The van der Waals surface area contributed by atoms with Gasteiger partial charge in [-0.15, -0.1) is 0 Å². The topological polar surface area (TPSA) is 29.1 Å². The molecule has 0 aromatic rings. The molecular weight excluding hydrogens is 162 g/mol. The summed E-state index contributed by atoms with van der Waals surface area (Å²) >= 11 is 0. The van der Waals surface area contributed by atoms with Crippen LogP contribution in [-0.2, 0) is 4.79 Å².